The minimum Gasteiger partial charge on any atom is -0.465 e. The van der Waals surface area contributed by atoms with Gasteiger partial charge in [0.25, 0.3) is 10.0 Å². The Kier molecular flexibility index (Phi) is 7.69. The average Bonchev–Trinajstić information content (AvgIpc) is 3.62. The molecular weight excluding hydrogens is 563 g/mol. The summed E-state index contributed by atoms with van der Waals surface area (Å²) < 4.78 is 49.6. The van der Waals surface area contributed by atoms with Crippen LogP contribution in [0.2, 0.25) is 0 Å². The summed E-state index contributed by atoms with van der Waals surface area (Å²) in [6, 6.07) is 14.1. The fourth-order valence-electron chi connectivity index (χ4n) is 5.64. The highest BCUT2D eigenvalue weighted by Gasteiger charge is 2.42. The number of fused-ring (bicyclic) bond motifs is 1. The summed E-state index contributed by atoms with van der Waals surface area (Å²) in [6.07, 6.45) is -0.0797. The fourth-order valence-corrected chi connectivity index (χ4v) is 7.07. The summed E-state index contributed by atoms with van der Waals surface area (Å²) in [7, 11) is -2.64. The number of carbonyl (C=O) groups is 2. The minimum atomic E-state index is -4.19. The first-order chi connectivity index (χ1) is 19.7. The van der Waals surface area contributed by atoms with Crippen LogP contribution < -0.4 is 4.90 Å². The second-order valence-electron chi connectivity index (χ2n) is 12.0. The lowest BCUT2D eigenvalue weighted by atomic mass is 10.0. The van der Waals surface area contributed by atoms with Gasteiger partial charge in [0.05, 0.1) is 17.1 Å². The molecule has 2 amide bonds. The zero-order chi connectivity index (χ0) is 30.4. The first-order valence-corrected chi connectivity index (χ1v) is 15.2. The maximum absolute atomic E-state index is 15.0. The van der Waals surface area contributed by atoms with Crippen molar-refractivity contribution in [3.05, 3.63) is 72.2 Å². The van der Waals surface area contributed by atoms with Gasteiger partial charge < -0.3 is 24.5 Å². The number of nitrogens with zero attached hydrogens (tertiary/aromatic N) is 4. The van der Waals surface area contributed by atoms with Crippen molar-refractivity contribution in [2.45, 2.75) is 37.8 Å². The third-order valence-electron chi connectivity index (χ3n) is 7.61. The molecule has 2 aliphatic rings. The molecule has 2 aliphatic heterocycles. The van der Waals surface area contributed by atoms with Gasteiger partial charge in [0.1, 0.15) is 11.4 Å². The van der Waals surface area contributed by atoms with Crippen LogP contribution in [0.3, 0.4) is 0 Å². The van der Waals surface area contributed by atoms with Crippen molar-refractivity contribution in [3.8, 4) is 11.3 Å². The minimum absolute atomic E-state index is 0.0319. The molecule has 0 saturated carbocycles. The van der Waals surface area contributed by atoms with E-state index >= 15 is 0 Å². The summed E-state index contributed by atoms with van der Waals surface area (Å²) in [5, 5.41) is 9.32. The SMILES string of the molecule is CN(Cc1cc(-c2ccccc2F)n(S(=O)(=O)c2cccc(N3CC4CN(C(=O)O)CC4C3)c2)c1)C(=O)OC(C)(C)C. The number of benzene rings is 2. The van der Waals surface area contributed by atoms with Crippen molar-refractivity contribution in [2.24, 2.45) is 11.8 Å². The second-order valence-corrected chi connectivity index (χ2v) is 13.8. The maximum atomic E-state index is 15.0. The summed E-state index contributed by atoms with van der Waals surface area (Å²) >= 11 is 0. The van der Waals surface area contributed by atoms with E-state index in [0.717, 1.165) is 9.66 Å². The largest absolute Gasteiger partial charge is 0.465 e. The zero-order valence-electron chi connectivity index (χ0n) is 24.0. The monoisotopic (exact) mass is 598 g/mol. The highest BCUT2D eigenvalue weighted by molar-refractivity contribution is 7.90. The molecule has 0 bridgehead atoms. The Morgan fingerprint density at radius 2 is 1.69 bits per heavy atom. The Balaban J connectivity index is 1.46. The van der Waals surface area contributed by atoms with E-state index in [1.807, 2.05) is 6.07 Å². The van der Waals surface area contributed by atoms with Crippen molar-refractivity contribution in [1.82, 2.24) is 13.8 Å². The lowest BCUT2D eigenvalue weighted by Gasteiger charge is -2.24. The van der Waals surface area contributed by atoms with Crippen molar-refractivity contribution < 1.29 is 32.2 Å². The molecule has 42 heavy (non-hydrogen) atoms. The number of hydrogen-bond donors (Lipinski definition) is 1. The van der Waals surface area contributed by atoms with Crippen LogP contribution in [0.5, 0.6) is 0 Å². The van der Waals surface area contributed by atoms with Crippen molar-refractivity contribution in [2.75, 3.05) is 38.1 Å². The molecule has 2 atom stereocenters. The molecule has 1 N–H and O–H groups in total. The van der Waals surface area contributed by atoms with E-state index in [-0.39, 0.29) is 34.5 Å². The number of ether oxygens (including phenoxy) is 1. The van der Waals surface area contributed by atoms with Crippen LogP contribution in [0.1, 0.15) is 26.3 Å². The van der Waals surface area contributed by atoms with Crippen LogP contribution in [0.15, 0.2) is 65.7 Å². The molecule has 3 heterocycles. The molecule has 224 valence electrons. The molecule has 10 nitrogen and oxygen atoms in total. The lowest BCUT2D eigenvalue weighted by molar-refractivity contribution is 0.0285. The van der Waals surface area contributed by atoms with Crippen LogP contribution >= 0.6 is 0 Å². The number of hydrogen-bond acceptors (Lipinski definition) is 6. The summed E-state index contributed by atoms with van der Waals surface area (Å²) in [4.78, 5) is 28.8. The Morgan fingerprint density at radius 3 is 2.31 bits per heavy atom. The van der Waals surface area contributed by atoms with Crippen molar-refractivity contribution in [3.63, 3.8) is 0 Å². The highest BCUT2D eigenvalue weighted by atomic mass is 32.2. The van der Waals surface area contributed by atoms with Gasteiger partial charge in [-0.25, -0.2) is 26.4 Å². The maximum Gasteiger partial charge on any atom is 0.410 e. The van der Waals surface area contributed by atoms with Crippen molar-refractivity contribution >= 4 is 27.9 Å². The van der Waals surface area contributed by atoms with Crippen LogP contribution in [-0.4, -0.2) is 78.3 Å². The first-order valence-electron chi connectivity index (χ1n) is 13.7. The highest BCUT2D eigenvalue weighted by Crippen LogP contribution is 2.36. The Morgan fingerprint density at radius 1 is 1.02 bits per heavy atom. The van der Waals surface area contributed by atoms with Gasteiger partial charge in [-0.05, 0) is 62.7 Å². The van der Waals surface area contributed by atoms with Crippen LogP contribution in [-0.2, 0) is 21.3 Å². The molecular formula is C30H35FN4O6S. The lowest BCUT2D eigenvalue weighted by Crippen LogP contribution is -2.33. The van der Waals surface area contributed by atoms with E-state index in [1.54, 1.807) is 52.1 Å². The van der Waals surface area contributed by atoms with E-state index in [0.29, 0.717) is 31.7 Å². The number of carboxylic acid groups (broad SMARTS) is 1. The molecule has 1 aromatic heterocycles. The van der Waals surface area contributed by atoms with Gasteiger partial charge in [0.2, 0.25) is 0 Å². The van der Waals surface area contributed by atoms with Gasteiger partial charge >= 0.3 is 12.2 Å². The Bertz CT molecular complexity index is 1600. The van der Waals surface area contributed by atoms with Gasteiger partial charge in [-0.15, -0.1) is 0 Å². The third-order valence-corrected chi connectivity index (χ3v) is 9.28. The number of carbonyl (C=O) groups excluding carboxylic acids is 1. The van der Waals surface area contributed by atoms with Gasteiger partial charge in [0.15, 0.2) is 0 Å². The predicted octanol–water partition coefficient (Wildman–Crippen LogP) is 4.94. The first kappa shape index (κ1) is 29.4. The Labute approximate surface area is 244 Å². The van der Waals surface area contributed by atoms with E-state index in [4.69, 9.17) is 4.74 Å². The number of halogens is 1. The van der Waals surface area contributed by atoms with E-state index in [2.05, 4.69) is 4.90 Å². The van der Waals surface area contributed by atoms with E-state index < -0.39 is 33.6 Å². The topological polar surface area (TPSA) is 112 Å². The molecule has 2 unspecified atom stereocenters. The molecule has 0 aliphatic carbocycles. The third kappa shape index (κ3) is 5.94. The quantitative estimate of drug-likeness (QED) is 0.428. The second kappa shape index (κ2) is 11.0. The normalized spacial score (nSPS) is 18.7. The number of likely N-dealkylation sites (tertiary alicyclic amines) is 1. The summed E-state index contributed by atoms with van der Waals surface area (Å²) in [5.74, 6) is -0.210. The molecule has 5 rings (SSSR count). The molecule has 3 aromatic rings. The van der Waals surface area contributed by atoms with Gasteiger partial charge in [-0.3, -0.25) is 0 Å². The van der Waals surface area contributed by atoms with E-state index in [9.17, 15) is 27.5 Å². The number of rotatable bonds is 6. The molecule has 2 saturated heterocycles. The standard InChI is InChI=1S/C30H35FN4O6S/c1-30(2,3)41-29(38)32(4)14-20-12-27(25-10-5-6-11-26(25)31)35(15-20)42(39,40)24-9-7-8-23(13-24)33-16-21-18-34(28(36)37)19-22(21)17-33/h5-13,15,21-22H,14,16-19H2,1-4H3,(H,36,37). The number of aromatic nitrogens is 1. The number of amides is 2. The van der Waals surface area contributed by atoms with Gasteiger partial charge in [-0.1, -0.05) is 18.2 Å². The smallest absolute Gasteiger partial charge is 0.410 e. The Hall–Kier alpha value is -4.06. The van der Waals surface area contributed by atoms with Crippen molar-refractivity contribution in [1.29, 1.82) is 0 Å². The van der Waals surface area contributed by atoms with Crippen LogP contribution in [0, 0.1) is 17.7 Å². The number of anilines is 1. The van der Waals surface area contributed by atoms with Gasteiger partial charge in [-0.2, -0.15) is 0 Å². The zero-order valence-corrected chi connectivity index (χ0v) is 24.8. The summed E-state index contributed by atoms with van der Waals surface area (Å²) in [6.45, 7) is 7.49. The van der Waals surface area contributed by atoms with E-state index in [1.165, 1.54) is 40.3 Å². The average molecular weight is 599 g/mol. The fraction of sp³-hybridized carbons (Fsp3) is 0.400. The molecule has 2 fully saturated rings. The van der Waals surface area contributed by atoms with Crippen LogP contribution in [0.25, 0.3) is 11.3 Å². The van der Waals surface area contributed by atoms with Crippen LogP contribution in [0.4, 0.5) is 19.7 Å². The molecule has 12 heteroatoms. The summed E-state index contributed by atoms with van der Waals surface area (Å²) in [5.41, 5.74) is 0.746. The van der Waals surface area contributed by atoms with Gasteiger partial charge in [0, 0.05) is 62.5 Å². The predicted molar refractivity (Wildman–Crippen MR) is 155 cm³/mol. The molecule has 0 radical (unpaired) electrons. The molecule has 0 spiro atoms. The molecule has 2 aromatic carbocycles.